The van der Waals surface area contributed by atoms with Crippen LogP contribution in [0, 0.1) is 12.7 Å². The van der Waals surface area contributed by atoms with Crippen LogP contribution in [0.25, 0.3) is 0 Å². The Balaban J connectivity index is 1.97. The number of nitrogens with zero attached hydrogens (tertiary/aromatic N) is 5. The molecular weight excluding hydrogens is 479 g/mol. The summed E-state index contributed by atoms with van der Waals surface area (Å²) in [5.41, 5.74) is 0.478. The van der Waals surface area contributed by atoms with Gasteiger partial charge in [-0.1, -0.05) is 0 Å². The number of aromatic nitrogens is 4. The highest BCUT2D eigenvalue weighted by atomic mass is 19.1. The fraction of sp³-hybridized carbons (Fsp3) is 0.385. The normalized spacial score (nSPS) is 11.6. The number of nitrogens with one attached hydrogen (secondary N) is 1. The highest BCUT2D eigenvalue weighted by Gasteiger charge is 2.36. The van der Waals surface area contributed by atoms with Crippen LogP contribution in [0.15, 0.2) is 43.1 Å². The van der Waals surface area contributed by atoms with Gasteiger partial charge in [-0.25, -0.2) is 28.9 Å². The summed E-state index contributed by atoms with van der Waals surface area (Å²) in [7, 11) is 0. The average molecular weight is 511 g/mol. The minimum Gasteiger partial charge on any atom is -0.443 e. The average Bonchev–Trinajstić information content (AvgIpc) is 2.77. The highest BCUT2D eigenvalue weighted by Crippen LogP contribution is 2.28. The van der Waals surface area contributed by atoms with Crippen molar-refractivity contribution in [1.29, 1.82) is 0 Å². The molecule has 3 rings (SSSR count). The molecule has 3 aromatic heterocycles. The number of pyridine rings is 2. The van der Waals surface area contributed by atoms with Crippen molar-refractivity contribution < 1.29 is 23.5 Å². The van der Waals surface area contributed by atoms with Crippen molar-refractivity contribution in [3.8, 4) is 0 Å². The van der Waals surface area contributed by atoms with E-state index in [0.29, 0.717) is 22.1 Å². The Morgan fingerprint density at radius 1 is 0.919 bits per heavy atom. The molecule has 3 heterocycles. The standard InChI is InChI=1S/C26H31FN6O4/c1-16-18(14-28-15-19(16)32-22-30-10-8-11-31-22)13-17-9-12-29-21(20(17)27)33(23(34)36-25(2,3)4)24(35)37-26(5,6)7/h8-12,14-15H,13H2,1-7H3,(H,30,31,32). The summed E-state index contributed by atoms with van der Waals surface area (Å²) >= 11 is 0. The number of imide groups is 1. The molecule has 37 heavy (non-hydrogen) atoms. The highest BCUT2D eigenvalue weighted by molar-refractivity contribution is 6.08. The van der Waals surface area contributed by atoms with Crippen molar-refractivity contribution >= 4 is 29.6 Å². The number of carbonyl (C=O) groups excluding carboxylic acids is 2. The summed E-state index contributed by atoms with van der Waals surface area (Å²) in [6.45, 7) is 11.7. The van der Waals surface area contributed by atoms with Crippen LogP contribution < -0.4 is 10.2 Å². The van der Waals surface area contributed by atoms with E-state index in [0.717, 1.165) is 5.56 Å². The lowest BCUT2D eigenvalue weighted by Gasteiger charge is -2.28. The van der Waals surface area contributed by atoms with Crippen LogP contribution >= 0.6 is 0 Å². The van der Waals surface area contributed by atoms with E-state index in [1.807, 2.05) is 6.92 Å². The second kappa shape index (κ2) is 10.9. The van der Waals surface area contributed by atoms with Crippen molar-refractivity contribution in [2.75, 3.05) is 10.2 Å². The molecule has 0 spiro atoms. The third kappa shape index (κ3) is 7.42. The van der Waals surface area contributed by atoms with Crippen LogP contribution in [0.2, 0.25) is 0 Å². The molecule has 0 aliphatic rings. The molecule has 1 N–H and O–H groups in total. The SMILES string of the molecule is Cc1c(Cc2ccnc(N(C(=O)OC(C)(C)C)C(=O)OC(C)(C)C)c2F)cncc1Nc1ncccn1. The van der Waals surface area contributed by atoms with Crippen LogP contribution in [-0.2, 0) is 15.9 Å². The third-order valence-electron chi connectivity index (χ3n) is 4.83. The molecule has 11 heteroatoms. The van der Waals surface area contributed by atoms with Crippen molar-refractivity contribution in [2.45, 2.75) is 66.1 Å². The zero-order valence-electron chi connectivity index (χ0n) is 22.0. The van der Waals surface area contributed by atoms with Gasteiger partial charge in [-0.3, -0.25) is 4.98 Å². The molecule has 0 aromatic carbocycles. The van der Waals surface area contributed by atoms with E-state index < -0.39 is 35.0 Å². The molecule has 0 unspecified atom stereocenters. The van der Waals surface area contributed by atoms with Gasteiger partial charge < -0.3 is 14.8 Å². The van der Waals surface area contributed by atoms with Gasteiger partial charge in [0.05, 0.1) is 11.9 Å². The molecule has 2 amide bonds. The topological polar surface area (TPSA) is 119 Å². The number of hydrogen-bond acceptors (Lipinski definition) is 9. The molecule has 0 atom stereocenters. The van der Waals surface area contributed by atoms with E-state index in [4.69, 9.17) is 9.47 Å². The summed E-state index contributed by atoms with van der Waals surface area (Å²) in [5.74, 6) is -0.978. The van der Waals surface area contributed by atoms with Crippen LogP contribution in [0.5, 0.6) is 0 Å². The lowest BCUT2D eigenvalue weighted by Crippen LogP contribution is -2.44. The Hall–Kier alpha value is -4.15. The molecular formula is C26H31FN6O4. The van der Waals surface area contributed by atoms with Gasteiger partial charge in [0.25, 0.3) is 0 Å². The first-order valence-electron chi connectivity index (χ1n) is 11.6. The molecule has 0 fully saturated rings. The Morgan fingerprint density at radius 2 is 1.51 bits per heavy atom. The second-order valence-electron chi connectivity index (χ2n) is 10.2. The van der Waals surface area contributed by atoms with Crippen molar-refractivity contribution in [3.05, 3.63) is 65.6 Å². The fourth-order valence-corrected chi connectivity index (χ4v) is 3.19. The second-order valence-corrected chi connectivity index (χ2v) is 10.2. The zero-order valence-corrected chi connectivity index (χ0v) is 22.0. The molecule has 3 aromatic rings. The lowest BCUT2D eigenvalue weighted by molar-refractivity contribution is 0.0427. The molecule has 0 saturated carbocycles. The summed E-state index contributed by atoms with van der Waals surface area (Å²) in [5, 5.41) is 3.09. The minimum absolute atomic E-state index is 0.113. The molecule has 0 radical (unpaired) electrons. The first kappa shape index (κ1) is 27.4. The van der Waals surface area contributed by atoms with Gasteiger partial charge in [0, 0.05) is 31.2 Å². The van der Waals surface area contributed by atoms with E-state index in [1.54, 1.807) is 72.4 Å². The van der Waals surface area contributed by atoms with Gasteiger partial charge in [0.15, 0.2) is 11.6 Å². The number of ether oxygens (including phenoxy) is 2. The van der Waals surface area contributed by atoms with Crippen molar-refractivity contribution in [2.24, 2.45) is 0 Å². The minimum atomic E-state index is -1.10. The van der Waals surface area contributed by atoms with Crippen LogP contribution in [0.1, 0.15) is 58.2 Å². The Labute approximate surface area is 215 Å². The first-order chi connectivity index (χ1) is 17.2. The lowest BCUT2D eigenvalue weighted by atomic mass is 10.0. The van der Waals surface area contributed by atoms with Gasteiger partial charge in [-0.05, 0) is 77.3 Å². The maximum absolute atomic E-state index is 15.8. The number of amides is 2. The number of rotatable bonds is 5. The summed E-state index contributed by atoms with van der Waals surface area (Å²) in [6, 6.07) is 3.18. The van der Waals surface area contributed by atoms with Gasteiger partial charge in [-0.2, -0.15) is 4.90 Å². The molecule has 0 saturated heterocycles. The van der Waals surface area contributed by atoms with Gasteiger partial charge in [0.2, 0.25) is 5.95 Å². The fourth-order valence-electron chi connectivity index (χ4n) is 3.19. The zero-order chi connectivity index (χ0) is 27.4. The van der Waals surface area contributed by atoms with Gasteiger partial charge in [-0.15, -0.1) is 0 Å². The van der Waals surface area contributed by atoms with E-state index in [2.05, 4.69) is 25.3 Å². The molecule has 10 nitrogen and oxygen atoms in total. The summed E-state index contributed by atoms with van der Waals surface area (Å²) in [6.07, 6.45) is 5.68. The largest absolute Gasteiger partial charge is 0.443 e. The number of carbonyl (C=O) groups is 2. The van der Waals surface area contributed by atoms with Crippen LogP contribution in [-0.4, -0.2) is 43.3 Å². The van der Waals surface area contributed by atoms with Crippen molar-refractivity contribution in [3.63, 3.8) is 0 Å². The summed E-state index contributed by atoms with van der Waals surface area (Å²) < 4.78 is 26.5. The Bertz CT molecular complexity index is 1240. The molecule has 196 valence electrons. The smallest absolute Gasteiger partial charge is 0.425 e. The van der Waals surface area contributed by atoms with E-state index >= 15 is 4.39 Å². The molecule has 0 aliphatic carbocycles. The maximum atomic E-state index is 15.8. The Kier molecular flexibility index (Phi) is 8.05. The summed E-state index contributed by atoms with van der Waals surface area (Å²) in [4.78, 5) is 42.9. The number of anilines is 3. The van der Waals surface area contributed by atoms with Gasteiger partial charge >= 0.3 is 12.2 Å². The maximum Gasteiger partial charge on any atom is 0.425 e. The molecule has 0 aliphatic heterocycles. The van der Waals surface area contributed by atoms with Gasteiger partial charge in [0.1, 0.15) is 11.2 Å². The van der Waals surface area contributed by atoms with E-state index in [9.17, 15) is 9.59 Å². The van der Waals surface area contributed by atoms with Crippen molar-refractivity contribution in [1.82, 2.24) is 19.9 Å². The first-order valence-corrected chi connectivity index (χ1v) is 11.6. The van der Waals surface area contributed by atoms with Crippen LogP contribution in [0.4, 0.5) is 31.4 Å². The van der Waals surface area contributed by atoms with E-state index in [1.165, 1.54) is 12.3 Å². The van der Waals surface area contributed by atoms with Crippen LogP contribution in [0.3, 0.4) is 0 Å². The predicted octanol–water partition coefficient (Wildman–Crippen LogP) is 5.73. The monoisotopic (exact) mass is 510 g/mol. The Morgan fingerprint density at radius 3 is 2.08 bits per heavy atom. The quantitative estimate of drug-likeness (QED) is 0.459. The number of hydrogen-bond donors (Lipinski definition) is 1. The van der Waals surface area contributed by atoms with E-state index in [-0.39, 0.29) is 12.0 Å². The molecule has 0 bridgehead atoms. The third-order valence-corrected chi connectivity index (χ3v) is 4.83. The number of halogens is 1. The predicted molar refractivity (Wildman–Crippen MR) is 136 cm³/mol.